The zero-order valence-corrected chi connectivity index (χ0v) is 20.1. The maximum atomic E-state index is 13.0. The van der Waals surface area contributed by atoms with Gasteiger partial charge in [0.25, 0.3) is 0 Å². The molecule has 0 aliphatic carbocycles. The van der Waals surface area contributed by atoms with E-state index in [1.54, 1.807) is 36.1 Å². The number of halogens is 2. The molecule has 0 spiro atoms. The first-order valence-electron chi connectivity index (χ1n) is 11.5. The fraction of sp³-hybridized carbons (Fsp3) is 0.667. The second kappa shape index (κ2) is 14.7. The van der Waals surface area contributed by atoms with Gasteiger partial charge in [0.2, 0.25) is 5.92 Å². The summed E-state index contributed by atoms with van der Waals surface area (Å²) in [4.78, 5) is 25.3. The van der Waals surface area contributed by atoms with Gasteiger partial charge < -0.3 is 24.8 Å². The first-order chi connectivity index (χ1) is 15.5. The van der Waals surface area contributed by atoms with Crippen molar-refractivity contribution in [3.05, 3.63) is 29.8 Å². The number of nitrogens with one attached hydrogen (secondary N) is 1. The number of ether oxygens (including phenoxy) is 2. The number of aliphatic carboxylic acids is 1. The van der Waals surface area contributed by atoms with Crippen LogP contribution < -0.4 is 10.1 Å². The Kier molecular flexibility index (Phi) is 12.7. The van der Waals surface area contributed by atoms with Gasteiger partial charge in [0.05, 0.1) is 6.54 Å². The number of urea groups is 1. The topological polar surface area (TPSA) is 88.1 Å². The standard InChI is InChI=1S/C24H38F2N2O5/c1-5-32-21(22(29)30)16-19-8-10-20(11-9-19)33-15-14-28(23(31)27-17-18(2)3)13-7-6-12-24(4,25)26/h8-11,18,21H,5-7,12-17H2,1-4H3,(H,27,31)(H,29,30). The maximum Gasteiger partial charge on any atom is 0.333 e. The average Bonchev–Trinajstić information content (AvgIpc) is 2.73. The van der Waals surface area contributed by atoms with Crippen molar-refractivity contribution in [1.29, 1.82) is 0 Å². The van der Waals surface area contributed by atoms with Crippen LogP contribution in [0.5, 0.6) is 5.75 Å². The molecule has 0 aromatic heterocycles. The molecule has 0 fully saturated rings. The highest BCUT2D eigenvalue weighted by atomic mass is 19.3. The summed E-state index contributed by atoms with van der Waals surface area (Å²) >= 11 is 0. The lowest BCUT2D eigenvalue weighted by atomic mass is 10.1. The molecule has 2 N–H and O–H groups in total. The van der Waals surface area contributed by atoms with Crippen molar-refractivity contribution in [1.82, 2.24) is 10.2 Å². The molecule has 188 valence electrons. The second-order valence-corrected chi connectivity index (χ2v) is 8.57. The van der Waals surface area contributed by atoms with E-state index in [-0.39, 0.29) is 25.5 Å². The molecular formula is C24H38F2N2O5. The van der Waals surface area contributed by atoms with Crippen LogP contribution in [0.1, 0.15) is 52.5 Å². The van der Waals surface area contributed by atoms with Crippen LogP contribution in [-0.2, 0) is 16.0 Å². The molecule has 0 saturated carbocycles. The maximum absolute atomic E-state index is 13.0. The third-order valence-corrected chi connectivity index (χ3v) is 4.86. The molecule has 0 heterocycles. The Labute approximate surface area is 195 Å². The molecule has 7 nitrogen and oxygen atoms in total. The molecule has 0 radical (unpaired) electrons. The van der Waals surface area contributed by atoms with E-state index in [0.29, 0.717) is 50.8 Å². The van der Waals surface area contributed by atoms with Crippen LogP contribution in [-0.4, -0.2) is 66.9 Å². The number of amides is 2. The van der Waals surface area contributed by atoms with Gasteiger partial charge in [-0.15, -0.1) is 0 Å². The summed E-state index contributed by atoms with van der Waals surface area (Å²) in [5.41, 5.74) is 0.811. The first kappa shape index (κ1) is 28.6. The third-order valence-electron chi connectivity index (χ3n) is 4.86. The summed E-state index contributed by atoms with van der Waals surface area (Å²) in [6, 6.07) is 6.81. The van der Waals surface area contributed by atoms with E-state index in [4.69, 9.17) is 9.47 Å². The minimum Gasteiger partial charge on any atom is -0.492 e. The zero-order valence-electron chi connectivity index (χ0n) is 20.1. The highest BCUT2D eigenvalue weighted by molar-refractivity contribution is 5.74. The second-order valence-electron chi connectivity index (χ2n) is 8.57. The Morgan fingerprint density at radius 3 is 2.36 bits per heavy atom. The molecule has 0 aliphatic heterocycles. The van der Waals surface area contributed by atoms with E-state index >= 15 is 0 Å². The number of benzene rings is 1. The Hall–Kier alpha value is -2.42. The van der Waals surface area contributed by atoms with E-state index < -0.39 is 18.0 Å². The van der Waals surface area contributed by atoms with Crippen LogP contribution in [0, 0.1) is 5.92 Å². The molecule has 1 unspecified atom stereocenters. The van der Waals surface area contributed by atoms with Crippen LogP contribution in [0.2, 0.25) is 0 Å². The molecule has 0 saturated heterocycles. The summed E-state index contributed by atoms with van der Waals surface area (Å²) in [5.74, 6) is -2.81. The van der Waals surface area contributed by atoms with E-state index in [1.165, 1.54) is 0 Å². The molecule has 0 aliphatic rings. The van der Waals surface area contributed by atoms with Crippen molar-refractivity contribution in [3.63, 3.8) is 0 Å². The van der Waals surface area contributed by atoms with Gasteiger partial charge in [0.1, 0.15) is 12.4 Å². The number of hydrogen-bond donors (Lipinski definition) is 2. The molecule has 1 atom stereocenters. The summed E-state index contributed by atoms with van der Waals surface area (Å²) in [5, 5.41) is 12.1. The molecule has 2 amide bonds. The molecule has 1 aromatic rings. The monoisotopic (exact) mass is 472 g/mol. The lowest BCUT2D eigenvalue weighted by Crippen LogP contribution is -2.43. The molecule has 0 bridgehead atoms. The summed E-state index contributed by atoms with van der Waals surface area (Å²) < 4.78 is 37.0. The normalized spacial score (nSPS) is 12.5. The quantitative estimate of drug-likeness (QED) is 0.344. The lowest BCUT2D eigenvalue weighted by molar-refractivity contribution is -0.149. The minimum atomic E-state index is -2.70. The number of hydrogen-bond acceptors (Lipinski definition) is 4. The predicted octanol–water partition coefficient (Wildman–Crippen LogP) is 4.59. The summed E-state index contributed by atoms with van der Waals surface area (Å²) in [6.07, 6.45) is -0.0309. The highest BCUT2D eigenvalue weighted by Gasteiger charge is 2.21. The van der Waals surface area contributed by atoms with Gasteiger partial charge in [0.15, 0.2) is 6.10 Å². The first-order valence-corrected chi connectivity index (χ1v) is 11.5. The van der Waals surface area contributed by atoms with Crippen molar-refractivity contribution in [3.8, 4) is 5.75 Å². The van der Waals surface area contributed by atoms with Crippen LogP contribution in [0.25, 0.3) is 0 Å². The Balaban J connectivity index is 2.57. The Bertz CT molecular complexity index is 708. The number of alkyl halides is 2. The van der Waals surface area contributed by atoms with Gasteiger partial charge >= 0.3 is 12.0 Å². The molecule has 1 aromatic carbocycles. The average molecular weight is 473 g/mol. The molecule has 9 heteroatoms. The number of nitrogens with zero attached hydrogens (tertiary/aromatic N) is 1. The van der Waals surface area contributed by atoms with Gasteiger partial charge in [-0.3, -0.25) is 0 Å². The number of unbranched alkanes of at least 4 members (excludes halogenated alkanes) is 1. The van der Waals surface area contributed by atoms with Crippen LogP contribution in [0.4, 0.5) is 13.6 Å². The minimum absolute atomic E-state index is 0.205. The van der Waals surface area contributed by atoms with Gasteiger partial charge in [0, 0.05) is 32.5 Å². The van der Waals surface area contributed by atoms with Crippen LogP contribution in [0.3, 0.4) is 0 Å². The van der Waals surface area contributed by atoms with Crippen molar-refractivity contribution in [2.24, 2.45) is 5.92 Å². The zero-order chi connectivity index (χ0) is 24.9. The summed E-state index contributed by atoms with van der Waals surface area (Å²) in [7, 11) is 0. The lowest BCUT2D eigenvalue weighted by Gasteiger charge is -2.24. The molecule has 1 rings (SSSR count). The number of rotatable bonds is 16. The molecule has 33 heavy (non-hydrogen) atoms. The van der Waals surface area contributed by atoms with E-state index in [2.05, 4.69) is 5.32 Å². The third kappa shape index (κ3) is 13.0. The fourth-order valence-electron chi connectivity index (χ4n) is 3.08. The number of carbonyl (C=O) groups excluding carboxylic acids is 1. The summed E-state index contributed by atoms with van der Waals surface area (Å²) in [6.45, 7) is 8.42. The Morgan fingerprint density at radius 1 is 1.15 bits per heavy atom. The molecular weight excluding hydrogens is 434 g/mol. The van der Waals surface area contributed by atoms with Crippen LogP contribution in [0.15, 0.2) is 24.3 Å². The number of carbonyl (C=O) groups is 2. The van der Waals surface area contributed by atoms with Crippen LogP contribution >= 0.6 is 0 Å². The largest absolute Gasteiger partial charge is 0.492 e. The van der Waals surface area contributed by atoms with E-state index in [9.17, 15) is 23.5 Å². The predicted molar refractivity (Wildman–Crippen MR) is 123 cm³/mol. The highest BCUT2D eigenvalue weighted by Crippen LogP contribution is 2.20. The van der Waals surface area contributed by atoms with Gasteiger partial charge in [-0.25, -0.2) is 18.4 Å². The number of carboxylic acids is 1. The van der Waals surface area contributed by atoms with Crippen molar-refractivity contribution in [2.75, 3.05) is 32.8 Å². The number of carboxylic acid groups (broad SMARTS) is 1. The van der Waals surface area contributed by atoms with Gasteiger partial charge in [-0.05, 0) is 50.3 Å². The Morgan fingerprint density at radius 2 is 1.82 bits per heavy atom. The van der Waals surface area contributed by atoms with E-state index in [0.717, 1.165) is 12.5 Å². The SMILES string of the molecule is CCOC(Cc1ccc(OCCN(CCCCC(C)(F)F)C(=O)NCC(C)C)cc1)C(=O)O. The fourth-order valence-corrected chi connectivity index (χ4v) is 3.08. The van der Waals surface area contributed by atoms with Crippen molar-refractivity contribution >= 4 is 12.0 Å². The van der Waals surface area contributed by atoms with Crippen molar-refractivity contribution < 1.29 is 33.0 Å². The van der Waals surface area contributed by atoms with Gasteiger partial charge in [-0.2, -0.15) is 0 Å². The smallest absolute Gasteiger partial charge is 0.333 e. The van der Waals surface area contributed by atoms with Gasteiger partial charge in [-0.1, -0.05) is 26.0 Å². The van der Waals surface area contributed by atoms with Crippen molar-refractivity contribution in [2.45, 2.75) is 65.4 Å². The van der Waals surface area contributed by atoms with E-state index in [1.807, 2.05) is 13.8 Å².